The van der Waals surface area contributed by atoms with Crippen LogP contribution in [0.25, 0.3) is 0 Å². The molecular formula is C9H21NO. The third kappa shape index (κ3) is 4.38. The topological polar surface area (TPSA) is 23.5 Å². The maximum Gasteiger partial charge on any atom is 0.0664 e. The van der Waals surface area contributed by atoms with Crippen LogP contribution in [-0.2, 0) is 0 Å². The largest absolute Gasteiger partial charge is 0.392 e. The minimum Gasteiger partial charge on any atom is -0.392 e. The van der Waals surface area contributed by atoms with Crippen molar-refractivity contribution in [1.82, 2.24) is 4.90 Å². The number of β-amino-alcohol motifs (C(OH)–C–C–N with tert-alkyl or cyclic N) is 1. The van der Waals surface area contributed by atoms with Gasteiger partial charge in [0.1, 0.15) is 0 Å². The summed E-state index contributed by atoms with van der Waals surface area (Å²) in [6.07, 6.45) is 0.652. The molecule has 0 bridgehead atoms. The summed E-state index contributed by atoms with van der Waals surface area (Å²) in [6.45, 7) is 9.21. The summed E-state index contributed by atoms with van der Waals surface area (Å²) in [5, 5.41) is 9.35. The van der Waals surface area contributed by atoms with Crippen molar-refractivity contribution in [3.63, 3.8) is 0 Å². The van der Waals surface area contributed by atoms with Gasteiger partial charge in [-0.05, 0) is 34.2 Å². The SMILES string of the molecule is CCC(O)CN(C)C(C)(C)C. The first-order chi connectivity index (χ1) is 4.88. The molecule has 0 aromatic heterocycles. The van der Waals surface area contributed by atoms with E-state index in [-0.39, 0.29) is 11.6 Å². The molecule has 0 aromatic carbocycles. The van der Waals surface area contributed by atoms with Gasteiger partial charge in [-0.25, -0.2) is 0 Å². The van der Waals surface area contributed by atoms with E-state index in [1.54, 1.807) is 0 Å². The van der Waals surface area contributed by atoms with Crippen molar-refractivity contribution in [3.8, 4) is 0 Å². The Morgan fingerprint density at radius 2 is 1.82 bits per heavy atom. The smallest absolute Gasteiger partial charge is 0.0664 e. The van der Waals surface area contributed by atoms with Gasteiger partial charge >= 0.3 is 0 Å². The van der Waals surface area contributed by atoms with Gasteiger partial charge < -0.3 is 5.11 Å². The molecule has 0 rings (SSSR count). The van der Waals surface area contributed by atoms with Crippen molar-refractivity contribution >= 4 is 0 Å². The number of rotatable bonds is 3. The Labute approximate surface area is 70.2 Å². The zero-order valence-electron chi connectivity index (χ0n) is 8.39. The number of aliphatic hydroxyl groups is 1. The Balaban J connectivity index is 3.77. The predicted molar refractivity (Wildman–Crippen MR) is 48.7 cm³/mol. The highest BCUT2D eigenvalue weighted by molar-refractivity contribution is 4.74. The summed E-state index contributed by atoms with van der Waals surface area (Å²) in [4.78, 5) is 2.17. The van der Waals surface area contributed by atoms with Crippen LogP contribution >= 0.6 is 0 Å². The predicted octanol–water partition coefficient (Wildman–Crippen LogP) is 1.49. The van der Waals surface area contributed by atoms with Crippen LogP contribution in [0.1, 0.15) is 34.1 Å². The Morgan fingerprint density at radius 1 is 1.36 bits per heavy atom. The van der Waals surface area contributed by atoms with Crippen LogP contribution in [-0.4, -0.2) is 35.2 Å². The first-order valence-electron chi connectivity index (χ1n) is 4.27. The van der Waals surface area contributed by atoms with Crippen LogP contribution in [0.5, 0.6) is 0 Å². The molecule has 0 fully saturated rings. The van der Waals surface area contributed by atoms with E-state index >= 15 is 0 Å². The molecule has 68 valence electrons. The second-order valence-corrected chi connectivity index (χ2v) is 4.11. The van der Waals surface area contributed by atoms with Crippen LogP contribution in [0.3, 0.4) is 0 Å². The molecule has 0 aromatic rings. The average molecular weight is 159 g/mol. The molecule has 2 heteroatoms. The second kappa shape index (κ2) is 4.07. The van der Waals surface area contributed by atoms with Crippen LogP contribution < -0.4 is 0 Å². The van der Waals surface area contributed by atoms with Gasteiger partial charge in [0.2, 0.25) is 0 Å². The van der Waals surface area contributed by atoms with Crippen LogP contribution in [0.2, 0.25) is 0 Å². The number of nitrogens with zero attached hydrogens (tertiary/aromatic N) is 1. The standard InChI is InChI=1S/C9H21NO/c1-6-8(11)7-10(5)9(2,3)4/h8,11H,6-7H2,1-5H3. The number of aliphatic hydroxyl groups excluding tert-OH is 1. The molecule has 1 atom stereocenters. The van der Waals surface area contributed by atoms with Crippen molar-refractivity contribution < 1.29 is 5.11 Å². The third-order valence-corrected chi connectivity index (χ3v) is 2.10. The zero-order valence-corrected chi connectivity index (χ0v) is 8.39. The molecule has 0 spiro atoms. The van der Waals surface area contributed by atoms with Gasteiger partial charge in [0, 0.05) is 12.1 Å². The van der Waals surface area contributed by atoms with Gasteiger partial charge in [0.25, 0.3) is 0 Å². The molecule has 0 aliphatic heterocycles. The Morgan fingerprint density at radius 3 is 2.09 bits per heavy atom. The lowest BCUT2D eigenvalue weighted by Gasteiger charge is -2.33. The normalized spacial score (nSPS) is 15.5. The van der Waals surface area contributed by atoms with E-state index in [0.717, 1.165) is 13.0 Å². The van der Waals surface area contributed by atoms with Crippen molar-refractivity contribution in [3.05, 3.63) is 0 Å². The molecule has 0 radical (unpaired) electrons. The minimum atomic E-state index is -0.181. The lowest BCUT2D eigenvalue weighted by molar-refractivity contribution is 0.0769. The van der Waals surface area contributed by atoms with Gasteiger partial charge in [-0.15, -0.1) is 0 Å². The number of likely N-dealkylation sites (N-methyl/N-ethyl adjacent to an activating group) is 1. The van der Waals surface area contributed by atoms with Crippen molar-refractivity contribution in [1.29, 1.82) is 0 Å². The summed E-state index contributed by atoms with van der Waals surface area (Å²) < 4.78 is 0. The van der Waals surface area contributed by atoms with Crippen molar-refractivity contribution in [2.45, 2.75) is 45.8 Å². The molecule has 11 heavy (non-hydrogen) atoms. The number of hydrogen-bond donors (Lipinski definition) is 1. The highest BCUT2D eigenvalue weighted by Crippen LogP contribution is 2.10. The van der Waals surface area contributed by atoms with E-state index in [9.17, 15) is 5.11 Å². The molecule has 2 nitrogen and oxygen atoms in total. The highest BCUT2D eigenvalue weighted by atomic mass is 16.3. The lowest BCUT2D eigenvalue weighted by Crippen LogP contribution is -2.42. The highest BCUT2D eigenvalue weighted by Gasteiger charge is 2.18. The van der Waals surface area contributed by atoms with Gasteiger partial charge in [0.15, 0.2) is 0 Å². The first kappa shape index (κ1) is 10.9. The summed E-state index contributed by atoms with van der Waals surface area (Å²) in [6, 6.07) is 0. The summed E-state index contributed by atoms with van der Waals surface area (Å²) >= 11 is 0. The summed E-state index contributed by atoms with van der Waals surface area (Å²) in [5.74, 6) is 0. The Hall–Kier alpha value is -0.0800. The molecular weight excluding hydrogens is 138 g/mol. The first-order valence-corrected chi connectivity index (χ1v) is 4.27. The quantitative estimate of drug-likeness (QED) is 0.674. The van der Waals surface area contributed by atoms with Gasteiger partial charge in [-0.2, -0.15) is 0 Å². The molecule has 1 unspecified atom stereocenters. The molecule has 0 heterocycles. The fourth-order valence-corrected chi connectivity index (χ4v) is 0.719. The number of hydrogen-bond acceptors (Lipinski definition) is 2. The van der Waals surface area contributed by atoms with E-state index in [1.165, 1.54) is 0 Å². The molecule has 0 aliphatic rings. The molecule has 0 saturated carbocycles. The monoisotopic (exact) mass is 159 g/mol. The summed E-state index contributed by atoms with van der Waals surface area (Å²) in [5.41, 5.74) is 0.163. The second-order valence-electron chi connectivity index (χ2n) is 4.11. The van der Waals surface area contributed by atoms with Gasteiger partial charge in [-0.1, -0.05) is 6.92 Å². The molecule has 0 amide bonds. The zero-order chi connectivity index (χ0) is 9.07. The van der Waals surface area contributed by atoms with E-state index in [2.05, 4.69) is 25.7 Å². The lowest BCUT2D eigenvalue weighted by atomic mass is 10.1. The van der Waals surface area contributed by atoms with E-state index < -0.39 is 0 Å². The fraction of sp³-hybridized carbons (Fsp3) is 1.00. The maximum absolute atomic E-state index is 9.35. The van der Waals surface area contributed by atoms with Crippen LogP contribution in [0.15, 0.2) is 0 Å². The Bertz CT molecular complexity index is 107. The van der Waals surface area contributed by atoms with E-state index in [1.807, 2.05) is 14.0 Å². The van der Waals surface area contributed by atoms with Crippen LogP contribution in [0, 0.1) is 0 Å². The van der Waals surface area contributed by atoms with Gasteiger partial charge in [0.05, 0.1) is 6.10 Å². The Kier molecular flexibility index (Phi) is 4.04. The third-order valence-electron chi connectivity index (χ3n) is 2.10. The average Bonchev–Trinajstić information content (AvgIpc) is 1.85. The summed E-state index contributed by atoms with van der Waals surface area (Å²) in [7, 11) is 2.04. The molecule has 1 N–H and O–H groups in total. The van der Waals surface area contributed by atoms with Crippen LogP contribution in [0.4, 0.5) is 0 Å². The van der Waals surface area contributed by atoms with Gasteiger partial charge in [-0.3, -0.25) is 4.90 Å². The minimum absolute atomic E-state index is 0.163. The maximum atomic E-state index is 9.35. The molecule has 0 saturated heterocycles. The fourth-order valence-electron chi connectivity index (χ4n) is 0.719. The van der Waals surface area contributed by atoms with Crippen molar-refractivity contribution in [2.75, 3.05) is 13.6 Å². The van der Waals surface area contributed by atoms with E-state index in [0.29, 0.717) is 0 Å². The molecule has 0 aliphatic carbocycles. The van der Waals surface area contributed by atoms with E-state index in [4.69, 9.17) is 0 Å². The van der Waals surface area contributed by atoms with Crippen molar-refractivity contribution in [2.24, 2.45) is 0 Å².